The Bertz CT molecular complexity index is 795. The Morgan fingerprint density at radius 3 is 3.09 bits per heavy atom. The lowest BCUT2D eigenvalue weighted by Crippen LogP contribution is -2.49. The summed E-state index contributed by atoms with van der Waals surface area (Å²) < 4.78 is 0. The summed E-state index contributed by atoms with van der Waals surface area (Å²) in [6.07, 6.45) is 4.86. The van der Waals surface area contributed by atoms with Crippen molar-refractivity contribution in [1.82, 2.24) is 9.88 Å². The predicted octanol–water partition coefficient (Wildman–Crippen LogP) is 4.07. The number of aromatic nitrogens is 1. The first-order valence-corrected chi connectivity index (χ1v) is 8.63. The van der Waals surface area contributed by atoms with Gasteiger partial charge in [0.25, 0.3) is 0 Å². The molecular formula is C20H23N3. The average Bonchev–Trinajstić information content (AvgIpc) is 2.94. The van der Waals surface area contributed by atoms with Crippen molar-refractivity contribution in [3.63, 3.8) is 0 Å². The van der Waals surface area contributed by atoms with Crippen LogP contribution in [0.5, 0.6) is 0 Å². The standard InChI is InChI=1S/C20H23N3/c1-3-17-16-11-19-15(10-13(8-9-21)12-23(19)4-2)14-6-5-7-18(22-17)20(14)16/h3,5-7,13,15,19,22H,1,4,8,10-12H2,2H3/t13-,15?,19-/m1/s1. The van der Waals surface area contributed by atoms with E-state index < -0.39 is 0 Å². The molecule has 1 aliphatic heterocycles. The van der Waals surface area contributed by atoms with E-state index in [-0.39, 0.29) is 0 Å². The number of aromatic amines is 1. The van der Waals surface area contributed by atoms with Crippen LogP contribution in [-0.2, 0) is 6.42 Å². The second-order valence-corrected chi connectivity index (χ2v) is 6.92. The molecule has 3 atom stereocenters. The molecule has 2 aliphatic rings. The number of nitriles is 1. The first-order chi connectivity index (χ1) is 11.3. The van der Waals surface area contributed by atoms with E-state index in [1.54, 1.807) is 0 Å². The number of nitrogens with one attached hydrogen (secondary N) is 1. The van der Waals surface area contributed by atoms with E-state index in [0.717, 1.165) is 25.9 Å². The SMILES string of the molecule is C=Cc1[nH]c2cccc3c2c1C[C@@H]1C3C[C@@H](CC#N)CN1CC. The van der Waals surface area contributed by atoms with E-state index >= 15 is 0 Å². The fraction of sp³-hybridized carbons (Fsp3) is 0.450. The maximum absolute atomic E-state index is 9.13. The second-order valence-electron chi connectivity index (χ2n) is 6.92. The van der Waals surface area contributed by atoms with Crippen LogP contribution >= 0.6 is 0 Å². The third kappa shape index (κ3) is 2.13. The molecule has 0 spiro atoms. The minimum absolute atomic E-state index is 0.496. The van der Waals surface area contributed by atoms with Crippen molar-refractivity contribution in [1.29, 1.82) is 5.26 Å². The normalized spacial score (nSPS) is 26.7. The third-order valence-electron chi connectivity index (χ3n) is 5.81. The number of rotatable bonds is 3. The van der Waals surface area contributed by atoms with E-state index in [9.17, 15) is 0 Å². The number of hydrogen-bond acceptors (Lipinski definition) is 2. The van der Waals surface area contributed by atoms with Crippen molar-refractivity contribution in [3.8, 4) is 6.07 Å². The first kappa shape index (κ1) is 14.5. The van der Waals surface area contributed by atoms with Gasteiger partial charge in [-0.2, -0.15) is 5.26 Å². The van der Waals surface area contributed by atoms with Crippen LogP contribution in [0.3, 0.4) is 0 Å². The van der Waals surface area contributed by atoms with E-state index in [2.05, 4.69) is 47.7 Å². The summed E-state index contributed by atoms with van der Waals surface area (Å²) in [5.41, 5.74) is 5.32. The molecule has 1 unspecified atom stereocenters. The Morgan fingerprint density at radius 2 is 2.35 bits per heavy atom. The summed E-state index contributed by atoms with van der Waals surface area (Å²) in [5, 5.41) is 10.5. The summed E-state index contributed by atoms with van der Waals surface area (Å²) >= 11 is 0. The van der Waals surface area contributed by atoms with Gasteiger partial charge in [0.1, 0.15) is 0 Å². The molecular weight excluding hydrogens is 282 g/mol. The lowest BCUT2D eigenvalue weighted by atomic mass is 9.71. The predicted molar refractivity (Wildman–Crippen MR) is 94.2 cm³/mol. The van der Waals surface area contributed by atoms with E-state index in [1.165, 1.54) is 27.7 Å². The molecule has 0 bridgehead atoms. The number of nitrogens with zero attached hydrogens (tertiary/aromatic N) is 2. The molecule has 1 aromatic carbocycles. The molecule has 2 heterocycles. The van der Waals surface area contributed by atoms with Crippen LogP contribution < -0.4 is 0 Å². The van der Waals surface area contributed by atoms with E-state index in [4.69, 9.17) is 5.26 Å². The molecule has 2 aromatic rings. The molecule has 1 aromatic heterocycles. The van der Waals surface area contributed by atoms with Crippen molar-refractivity contribution in [2.75, 3.05) is 13.1 Å². The van der Waals surface area contributed by atoms with Gasteiger partial charge < -0.3 is 4.98 Å². The number of fused-ring (bicyclic) bond motifs is 2. The van der Waals surface area contributed by atoms with Gasteiger partial charge in [0.2, 0.25) is 0 Å². The summed E-state index contributed by atoms with van der Waals surface area (Å²) in [5.74, 6) is 1.04. The highest BCUT2D eigenvalue weighted by atomic mass is 15.2. The van der Waals surface area contributed by atoms with Gasteiger partial charge in [-0.3, -0.25) is 4.90 Å². The maximum atomic E-state index is 9.13. The van der Waals surface area contributed by atoms with Crippen LogP contribution in [0.25, 0.3) is 17.0 Å². The quantitative estimate of drug-likeness (QED) is 0.928. The lowest BCUT2D eigenvalue weighted by Gasteiger charge is -2.46. The van der Waals surface area contributed by atoms with E-state index in [0.29, 0.717) is 24.3 Å². The Kier molecular flexibility index (Phi) is 3.50. The average molecular weight is 305 g/mol. The number of likely N-dealkylation sites (tertiary alicyclic amines) is 1. The number of H-pyrrole nitrogens is 1. The number of piperidine rings is 1. The minimum atomic E-state index is 0.496. The molecule has 3 heteroatoms. The zero-order chi connectivity index (χ0) is 16.0. The zero-order valence-corrected chi connectivity index (χ0v) is 13.7. The highest BCUT2D eigenvalue weighted by molar-refractivity contribution is 5.91. The minimum Gasteiger partial charge on any atom is -0.355 e. The smallest absolute Gasteiger partial charge is 0.0625 e. The molecule has 4 rings (SSSR count). The second kappa shape index (κ2) is 5.54. The molecule has 23 heavy (non-hydrogen) atoms. The molecule has 1 saturated heterocycles. The van der Waals surface area contributed by atoms with Crippen LogP contribution in [0.1, 0.15) is 42.5 Å². The van der Waals surface area contributed by atoms with Crippen LogP contribution in [0.15, 0.2) is 24.8 Å². The molecule has 3 nitrogen and oxygen atoms in total. The van der Waals surface area contributed by atoms with Crippen LogP contribution in [-0.4, -0.2) is 29.0 Å². The summed E-state index contributed by atoms with van der Waals surface area (Å²) in [6.45, 7) is 8.35. The molecule has 0 saturated carbocycles. The molecule has 1 fully saturated rings. The maximum Gasteiger partial charge on any atom is 0.0625 e. The van der Waals surface area contributed by atoms with Crippen molar-refractivity contribution < 1.29 is 0 Å². The zero-order valence-electron chi connectivity index (χ0n) is 13.7. The molecule has 1 N–H and O–H groups in total. The van der Waals surface area contributed by atoms with E-state index in [1.807, 2.05) is 6.08 Å². The van der Waals surface area contributed by atoms with Gasteiger partial charge >= 0.3 is 0 Å². The van der Waals surface area contributed by atoms with Crippen molar-refractivity contribution >= 4 is 17.0 Å². The van der Waals surface area contributed by atoms with Crippen LogP contribution in [0, 0.1) is 17.2 Å². The topological polar surface area (TPSA) is 42.8 Å². The summed E-state index contributed by atoms with van der Waals surface area (Å²) in [6, 6.07) is 9.58. The Morgan fingerprint density at radius 1 is 1.48 bits per heavy atom. The van der Waals surface area contributed by atoms with Gasteiger partial charge in [0.05, 0.1) is 6.07 Å². The fourth-order valence-electron chi connectivity index (χ4n) is 4.83. The largest absolute Gasteiger partial charge is 0.355 e. The highest BCUT2D eigenvalue weighted by Gasteiger charge is 2.40. The first-order valence-electron chi connectivity index (χ1n) is 8.63. The van der Waals surface area contributed by atoms with Crippen molar-refractivity contribution in [2.45, 2.75) is 38.1 Å². The van der Waals surface area contributed by atoms with Crippen molar-refractivity contribution in [2.24, 2.45) is 5.92 Å². The monoisotopic (exact) mass is 305 g/mol. The molecule has 0 amide bonds. The van der Waals surface area contributed by atoms with Gasteiger partial charge in [0.15, 0.2) is 0 Å². The summed E-state index contributed by atoms with van der Waals surface area (Å²) in [4.78, 5) is 6.13. The van der Waals surface area contributed by atoms with Crippen molar-refractivity contribution in [3.05, 3.63) is 41.6 Å². The van der Waals surface area contributed by atoms with Crippen LogP contribution in [0.4, 0.5) is 0 Å². The Labute approximate surface area is 137 Å². The van der Waals surface area contributed by atoms with Gasteiger partial charge in [0, 0.05) is 41.5 Å². The molecule has 1 aliphatic carbocycles. The molecule has 0 radical (unpaired) electrons. The Hall–Kier alpha value is -2.05. The van der Waals surface area contributed by atoms with Gasteiger partial charge in [-0.1, -0.05) is 25.6 Å². The molecule has 118 valence electrons. The number of hydrogen-bond donors (Lipinski definition) is 1. The van der Waals surface area contributed by atoms with Gasteiger partial charge in [-0.25, -0.2) is 0 Å². The van der Waals surface area contributed by atoms with Gasteiger partial charge in [-0.15, -0.1) is 0 Å². The number of benzene rings is 1. The van der Waals surface area contributed by atoms with Crippen LogP contribution in [0.2, 0.25) is 0 Å². The lowest BCUT2D eigenvalue weighted by molar-refractivity contribution is 0.0916. The third-order valence-corrected chi connectivity index (χ3v) is 5.81. The highest BCUT2D eigenvalue weighted by Crippen LogP contribution is 2.46. The number of likely N-dealkylation sites (N-methyl/N-ethyl adjacent to an activating group) is 1. The van der Waals surface area contributed by atoms with Gasteiger partial charge in [-0.05, 0) is 48.6 Å². The Balaban J connectivity index is 1.85. The summed E-state index contributed by atoms with van der Waals surface area (Å²) in [7, 11) is 0. The fourth-order valence-corrected chi connectivity index (χ4v) is 4.83.